The molecule has 2 rings (SSSR count). The van der Waals surface area contributed by atoms with Crippen LogP contribution in [0.15, 0.2) is 0 Å². The first-order valence-electron chi connectivity index (χ1n) is 6.95. The average Bonchev–Trinajstić information content (AvgIpc) is 2.91. The van der Waals surface area contributed by atoms with Gasteiger partial charge in [-0.05, 0) is 51.9 Å². The first kappa shape index (κ1) is 12.4. The van der Waals surface area contributed by atoms with Gasteiger partial charge >= 0.3 is 0 Å². The van der Waals surface area contributed by atoms with Gasteiger partial charge < -0.3 is 10.1 Å². The lowest BCUT2D eigenvalue weighted by molar-refractivity contribution is 0.161. The molecule has 2 heteroatoms. The number of hydrogen-bond acceptors (Lipinski definition) is 2. The van der Waals surface area contributed by atoms with Gasteiger partial charge in [0.25, 0.3) is 0 Å². The van der Waals surface area contributed by atoms with Crippen LogP contribution in [0, 0.1) is 11.8 Å². The fourth-order valence-corrected chi connectivity index (χ4v) is 3.42. The van der Waals surface area contributed by atoms with Gasteiger partial charge in [0.2, 0.25) is 0 Å². The smallest absolute Gasteiger partial charge is 0.0509 e. The SMILES string of the molecule is CC(NC(C)(C)C1CCCC1)C1CCOC1. The largest absolute Gasteiger partial charge is 0.381 e. The third kappa shape index (κ3) is 2.78. The molecule has 0 spiro atoms. The number of nitrogens with one attached hydrogen (secondary N) is 1. The van der Waals surface area contributed by atoms with Crippen molar-refractivity contribution in [2.24, 2.45) is 11.8 Å². The summed E-state index contributed by atoms with van der Waals surface area (Å²) in [4.78, 5) is 0. The van der Waals surface area contributed by atoms with Gasteiger partial charge in [-0.2, -0.15) is 0 Å². The third-order valence-corrected chi connectivity index (χ3v) is 4.65. The first-order chi connectivity index (χ1) is 7.59. The summed E-state index contributed by atoms with van der Waals surface area (Å²) in [7, 11) is 0. The van der Waals surface area contributed by atoms with E-state index in [2.05, 4.69) is 26.1 Å². The Hall–Kier alpha value is -0.0800. The van der Waals surface area contributed by atoms with Gasteiger partial charge in [0, 0.05) is 18.2 Å². The number of hydrogen-bond donors (Lipinski definition) is 1. The fraction of sp³-hybridized carbons (Fsp3) is 1.00. The molecule has 2 unspecified atom stereocenters. The maximum atomic E-state index is 5.48. The summed E-state index contributed by atoms with van der Waals surface area (Å²) in [6.45, 7) is 9.01. The molecule has 0 aromatic carbocycles. The third-order valence-electron chi connectivity index (χ3n) is 4.65. The molecular formula is C14H27NO. The summed E-state index contributed by atoms with van der Waals surface area (Å²) in [5.74, 6) is 1.60. The van der Waals surface area contributed by atoms with Gasteiger partial charge in [-0.15, -0.1) is 0 Å². The second-order valence-electron chi connectivity index (χ2n) is 6.26. The van der Waals surface area contributed by atoms with Gasteiger partial charge in [0.05, 0.1) is 6.61 Å². The van der Waals surface area contributed by atoms with Crippen LogP contribution in [0.2, 0.25) is 0 Å². The van der Waals surface area contributed by atoms with Crippen LogP contribution >= 0.6 is 0 Å². The molecule has 1 saturated carbocycles. The van der Waals surface area contributed by atoms with Crippen molar-refractivity contribution in [2.45, 2.75) is 64.5 Å². The molecule has 1 aliphatic carbocycles. The van der Waals surface area contributed by atoms with E-state index in [-0.39, 0.29) is 0 Å². The lowest BCUT2D eigenvalue weighted by atomic mass is 9.84. The van der Waals surface area contributed by atoms with Crippen molar-refractivity contribution in [3.8, 4) is 0 Å². The van der Waals surface area contributed by atoms with Gasteiger partial charge in [-0.3, -0.25) is 0 Å². The van der Waals surface area contributed by atoms with Gasteiger partial charge in [0.1, 0.15) is 0 Å². The molecule has 0 aromatic heterocycles. The zero-order valence-corrected chi connectivity index (χ0v) is 11.1. The zero-order valence-electron chi connectivity index (χ0n) is 11.1. The lowest BCUT2D eigenvalue weighted by Gasteiger charge is -2.37. The Bertz CT molecular complexity index is 215. The molecule has 0 bridgehead atoms. The molecule has 1 N–H and O–H groups in total. The van der Waals surface area contributed by atoms with Crippen molar-refractivity contribution >= 4 is 0 Å². The zero-order chi connectivity index (χ0) is 11.6. The molecule has 2 aliphatic rings. The highest BCUT2D eigenvalue weighted by Crippen LogP contribution is 2.34. The average molecular weight is 225 g/mol. The Morgan fingerprint density at radius 2 is 1.88 bits per heavy atom. The highest BCUT2D eigenvalue weighted by Gasteiger charge is 2.34. The van der Waals surface area contributed by atoms with E-state index in [1.807, 2.05) is 0 Å². The molecule has 94 valence electrons. The van der Waals surface area contributed by atoms with E-state index in [9.17, 15) is 0 Å². The highest BCUT2D eigenvalue weighted by atomic mass is 16.5. The second kappa shape index (κ2) is 5.05. The van der Waals surface area contributed by atoms with Crippen molar-refractivity contribution in [2.75, 3.05) is 13.2 Å². The van der Waals surface area contributed by atoms with E-state index in [4.69, 9.17) is 4.74 Å². The van der Waals surface area contributed by atoms with E-state index in [0.717, 1.165) is 25.0 Å². The molecule has 0 amide bonds. The standard InChI is InChI=1S/C14H27NO/c1-11(12-8-9-16-10-12)15-14(2,3)13-6-4-5-7-13/h11-13,15H,4-10H2,1-3H3. The maximum absolute atomic E-state index is 5.48. The van der Waals surface area contributed by atoms with Crippen molar-refractivity contribution < 1.29 is 4.74 Å². The van der Waals surface area contributed by atoms with Crippen LogP contribution in [0.25, 0.3) is 0 Å². The van der Waals surface area contributed by atoms with Gasteiger partial charge in [0.15, 0.2) is 0 Å². The van der Waals surface area contributed by atoms with Crippen molar-refractivity contribution in [1.29, 1.82) is 0 Å². The Morgan fingerprint density at radius 3 is 2.44 bits per heavy atom. The monoisotopic (exact) mass is 225 g/mol. The number of rotatable bonds is 4. The van der Waals surface area contributed by atoms with E-state index < -0.39 is 0 Å². The highest BCUT2D eigenvalue weighted by molar-refractivity contribution is 4.92. The van der Waals surface area contributed by atoms with Gasteiger partial charge in [-0.25, -0.2) is 0 Å². The van der Waals surface area contributed by atoms with E-state index in [0.29, 0.717) is 11.6 Å². The Morgan fingerprint density at radius 1 is 1.19 bits per heavy atom. The molecule has 16 heavy (non-hydrogen) atoms. The number of ether oxygens (including phenoxy) is 1. The quantitative estimate of drug-likeness (QED) is 0.794. The van der Waals surface area contributed by atoms with Crippen LogP contribution in [0.4, 0.5) is 0 Å². The van der Waals surface area contributed by atoms with E-state index in [1.165, 1.54) is 32.1 Å². The van der Waals surface area contributed by atoms with Crippen LogP contribution in [0.3, 0.4) is 0 Å². The summed E-state index contributed by atoms with van der Waals surface area (Å²) in [6.07, 6.45) is 6.91. The fourth-order valence-electron chi connectivity index (χ4n) is 3.42. The molecule has 2 fully saturated rings. The Kier molecular flexibility index (Phi) is 3.91. The normalized spacial score (nSPS) is 29.8. The Balaban J connectivity index is 1.86. The van der Waals surface area contributed by atoms with E-state index in [1.54, 1.807) is 0 Å². The minimum absolute atomic E-state index is 0.304. The van der Waals surface area contributed by atoms with Crippen molar-refractivity contribution in [1.82, 2.24) is 5.32 Å². The van der Waals surface area contributed by atoms with Crippen LogP contribution < -0.4 is 5.32 Å². The van der Waals surface area contributed by atoms with Crippen molar-refractivity contribution in [3.05, 3.63) is 0 Å². The van der Waals surface area contributed by atoms with E-state index >= 15 is 0 Å². The van der Waals surface area contributed by atoms with Gasteiger partial charge in [-0.1, -0.05) is 12.8 Å². The van der Waals surface area contributed by atoms with Crippen LogP contribution in [0.5, 0.6) is 0 Å². The summed E-state index contributed by atoms with van der Waals surface area (Å²) < 4.78 is 5.48. The predicted octanol–water partition coefficient (Wildman–Crippen LogP) is 2.97. The maximum Gasteiger partial charge on any atom is 0.0509 e. The van der Waals surface area contributed by atoms with Crippen molar-refractivity contribution in [3.63, 3.8) is 0 Å². The molecule has 1 aliphatic heterocycles. The molecule has 1 heterocycles. The predicted molar refractivity (Wildman–Crippen MR) is 67.6 cm³/mol. The molecule has 1 saturated heterocycles. The molecule has 2 nitrogen and oxygen atoms in total. The Labute approximate surface area is 100 Å². The topological polar surface area (TPSA) is 21.3 Å². The summed E-state index contributed by atoms with van der Waals surface area (Å²) in [6, 6.07) is 0.595. The summed E-state index contributed by atoms with van der Waals surface area (Å²) >= 11 is 0. The molecular weight excluding hydrogens is 198 g/mol. The second-order valence-corrected chi connectivity index (χ2v) is 6.26. The molecule has 0 aromatic rings. The van der Waals surface area contributed by atoms with Crippen LogP contribution in [-0.2, 0) is 4.74 Å². The first-order valence-corrected chi connectivity index (χ1v) is 6.95. The molecule has 2 atom stereocenters. The summed E-state index contributed by atoms with van der Waals surface area (Å²) in [5.41, 5.74) is 0.304. The van der Waals surface area contributed by atoms with Crippen LogP contribution in [0.1, 0.15) is 52.9 Å². The molecule has 0 radical (unpaired) electrons. The minimum atomic E-state index is 0.304. The van der Waals surface area contributed by atoms with Crippen LogP contribution in [-0.4, -0.2) is 24.8 Å². The lowest BCUT2D eigenvalue weighted by Crippen LogP contribution is -2.51. The minimum Gasteiger partial charge on any atom is -0.381 e. The summed E-state index contributed by atoms with van der Waals surface area (Å²) in [5, 5.41) is 3.86.